The second-order valence-corrected chi connectivity index (χ2v) is 8.69. The monoisotopic (exact) mass is 438 g/mol. The van der Waals surface area contributed by atoms with Crippen LogP contribution in [0.4, 0.5) is 11.4 Å². The topological polar surface area (TPSA) is 102 Å². The van der Waals surface area contributed by atoms with Crippen molar-refractivity contribution < 1.29 is 27.5 Å². The zero-order chi connectivity index (χ0) is 21.2. The molecule has 2 aromatic rings. The van der Waals surface area contributed by atoms with Gasteiger partial charge < -0.3 is 14.8 Å². The fourth-order valence-corrected chi connectivity index (χ4v) is 4.05. The van der Waals surface area contributed by atoms with Gasteiger partial charge in [-0.3, -0.25) is 9.10 Å². The minimum atomic E-state index is -3.55. The summed E-state index contributed by atoms with van der Waals surface area (Å²) in [5.41, 5.74) is 0.819. The number of nitrogens with one attached hydrogen (secondary N) is 1. The van der Waals surface area contributed by atoms with Crippen molar-refractivity contribution in [3.8, 4) is 5.75 Å². The van der Waals surface area contributed by atoms with Crippen LogP contribution in [0, 0.1) is 0 Å². The summed E-state index contributed by atoms with van der Waals surface area (Å²) in [4.78, 5) is 24.5. The van der Waals surface area contributed by atoms with Gasteiger partial charge in [0.25, 0.3) is 5.91 Å². The van der Waals surface area contributed by atoms with Crippen LogP contribution in [0.25, 0.3) is 0 Å². The van der Waals surface area contributed by atoms with Crippen molar-refractivity contribution in [3.63, 3.8) is 0 Å². The molecule has 1 aliphatic heterocycles. The first-order chi connectivity index (χ1) is 13.7. The number of fused-ring (bicyclic) bond motifs is 1. The number of hydrogen-bond donors (Lipinski definition) is 1. The average molecular weight is 439 g/mol. The van der Waals surface area contributed by atoms with Crippen molar-refractivity contribution in [1.82, 2.24) is 0 Å². The number of amides is 1. The Hall–Kier alpha value is -2.78. The molecule has 1 amide bonds. The lowest BCUT2D eigenvalue weighted by molar-refractivity contribution is -0.122. The lowest BCUT2D eigenvalue weighted by atomic mass is 10.2. The fraction of sp³-hybridized carbons (Fsp3) is 0.263. The Balaban J connectivity index is 1.85. The number of rotatable bonds is 4. The predicted molar refractivity (Wildman–Crippen MR) is 109 cm³/mol. The number of nitrogens with zero attached hydrogens (tertiary/aromatic N) is 1. The number of halogens is 1. The zero-order valence-corrected chi connectivity index (χ0v) is 17.3. The third-order valence-electron chi connectivity index (χ3n) is 4.34. The van der Waals surface area contributed by atoms with Crippen LogP contribution in [0.3, 0.4) is 0 Å². The van der Waals surface area contributed by atoms with Gasteiger partial charge in [0.1, 0.15) is 5.75 Å². The van der Waals surface area contributed by atoms with E-state index in [0.29, 0.717) is 5.69 Å². The van der Waals surface area contributed by atoms with Crippen molar-refractivity contribution in [1.29, 1.82) is 0 Å². The number of anilines is 2. The number of sulfonamides is 1. The molecule has 0 fully saturated rings. The number of carbonyl (C=O) groups excluding carboxylic acids is 2. The van der Waals surface area contributed by atoms with Crippen molar-refractivity contribution >= 4 is 44.9 Å². The number of methoxy groups -OCH3 is 1. The Morgan fingerprint density at radius 2 is 1.97 bits per heavy atom. The van der Waals surface area contributed by atoms with Gasteiger partial charge in [0, 0.05) is 13.0 Å². The van der Waals surface area contributed by atoms with Crippen LogP contribution in [-0.2, 0) is 19.6 Å². The molecule has 29 heavy (non-hydrogen) atoms. The first-order valence-electron chi connectivity index (χ1n) is 8.63. The van der Waals surface area contributed by atoms with Gasteiger partial charge >= 0.3 is 5.97 Å². The molecule has 0 spiro atoms. The summed E-state index contributed by atoms with van der Waals surface area (Å²) >= 11 is 6.13. The first-order valence-corrected chi connectivity index (χ1v) is 10.9. The molecule has 8 nitrogen and oxygen atoms in total. The number of benzene rings is 2. The van der Waals surface area contributed by atoms with Crippen LogP contribution >= 0.6 is 11.6 Å². The van der Waals surface area contributed by atoms with E-state index in [1.165, 1.54) is 29.6 Å². The van der Waals surface area contributed by atoms with Gasteiger partial charge in [0.15, 0.2) is 6.10 Å². The van der Waals surface area contributed by atoms with Crippen LogP contribution in [0.1, 0.15) is 16.8 Å². The highest BCUT2D eigenvalue weighted by atomic mass is 35.5. The Morgan fingerprint density at radius 1 is 1.24 bits per heavy atom. The van der Waals surface area contributed by atoms with Gasteiger partial charge in [0.2, 0.25) is 10.0 Å². The molecule has 0 radical (unpaired) electrons. The molecule has 3 rings (SSSR count). The molecule has 0 aromatic heterocycles. The molecule has 1 heterocycles. The van der Waals surface area contributed by atoms with Crippen LogP contribution < -0.4 is 14.4 Å². The highest BCUT2D eigenvalue weighted by Gasteiger charge is 2.31. The van der Waals surface area contributed by atoms with E-state index in [1.807, 2.05) is 0 Å². The third-order valence-corrected chi connectivity index (χ3v) is 5.85. The van der Waals surface area contributed by atoms with Gasteiger partial charge in [-0.05, 0) is 30.3 Å². The molecule has 1 aliphatic rings. The minimum absolute atomic E-state index is 0.0733. The SMILES string of the molecule is COC(=O)c1ccc(Cl)c(NC(=O)[C@H]2CCN(S(C)(=O)=O)c3ccccc3O2)c1. The van der Waals surface area contributed by atoms with Crippen molar-refractivity contribution in [2.75, 3.05) is 29.5 Å². The van der Waals surface area contributed by atoms with Crippen LogP contribution in [0.2, 0.25) is 5.02 Å². The second-order valence-electron chi connectivity index (χ2n) is 6.37. The average Bonchev–Trinajstić information content (AvgIpc) is 2.88. The fourth-order valence-electron chi connectivity index (χ4n) is 2.94. The first kappa shape index (κ1) is 20.9. The minimum Gasteiger partial charge on any atom is -0.478 e. The molecule has 0 aliphatic carbocycles. The number of ether oxygens (including phenoxy) is 2. The molecular formula is C19H19ClN2O6S. The molecule has 0 saturated carbocycles. The highest BCUT2D eigenvalue weighted by molar-refractivity contribution is 7.92. The number of esters is 1. The van der Waals surface area contributed by atoms with Gasteiger partial charge in [-0.15, -0.1) is 0 Å². The summed E-state index contributed by atoms with van der Waals surface area (Å²) in [6.45, 7) is 0.0733. The van der Waals surface area contributed by atoms with Crippen molar-refractivity contribution in [3.05, 3.63) is 53.1 Å². The predicted octanol–water partition coefficient (Wildman–Crippen LogP) is 2.68. The Labute approximate surface area is 173 Å². The van der Waals surface area contributed by atoms with Crippen LogP contribution in [-0.4, -0.2) is 46.3 Å². The van der Waals surface area contributed by atoms with E-state index in [-0.39, 0.29) is 35.0 Å². The summed E-state index contributed by atoms with van der Waals surface area (Å²) in [7, 11) is -2.30. The lowest BCUT2D eigenvalue weighted by Gasteiger charge is -2.20. The lowest BCUT2D eigenvalue weighted by Crippen LogP contribution is -2.36. The van der Waals surface area contributed by atoms with Crippen LogP contribution in [0.5, 0.6) is 5.75 Å². The second kappa shape index (κ2) is 8.30. The third kappa shape index (κ3) is 4.63. The zero-order valence-electron chi connectivity index (χ0n) is 15.7. The maximum Gasteiger partial charge on any atom is 0.337 e. The smallest absolute Gasteiger partial charge is 0.337 e. The number of carbonyl (C=O) groups is 2. The van der Waals surface area contributed by atoms with E-state index in [0.717, 1.165) is 6.26 Å². The van der Waals surface area contributed by atoms with E-state index in [9.17, 15) is 18.0 Å². The van der Waals surface area contributed by atoms with E-state index in [2.05, 4.69) is 10.1 Å². The Morgan fingerprint density at radius 3 is 2.66 bits per heavy atom. The van der Waals surface area contributed by atoms with E-state index in [1.54, 1.807) is 24.3 Å². The maximum atomic E-state index is 12.8. The molecule has 154 valence electrons. The molecule has 1 atom stereocenters. The summed E-state index contributed by atoms with van der Waals surface area (Å²) in [5.74, 6) is -0.801. The highest BCUT2D eigenvalue weighted by Crippen LogP contribution is 2.34. The summed E-state index contributed by atoms with van der Waals surface area (Å²) < 4.78 is 36.0. The molecular weight excluding hydrogens is 420 g/mol. The summed E-state index contributed by atoms with van der Waals surface area (Å²) in [6, 6.07) is 11.0. The largest absolute Gasteiger partial charge is 0.478 e. The van der Waals surface area contributed by atoms with Gasteiger partial charge in [-0.2, -0.15) is 0 Å². The molecule has 0 saturated heterocycles. The molecule has 0 unspecified atom stereocenters. The molecule has 1 N–H and O–H groups in total. The summed E-state index contributed by atoms with van der Waals surface area (Å²) in [6.07, 6.45) is 0.269. The van der Waals surface area contributed by atoms with E-state index >= 15 is 0 Å². The molecule has 2 aromatic carbocycles. The Bertz CT molecular complexity index is 1060. The van der Waals surface area contributed by atoms with Crippen molar-refractivity contribution in [2.24, 2.45) is 0 Å². The normalized spacial score (nSPS) is 16.2. The van der Waals surface area contributed by atoms with Gasteiger partial charge in [0.05, 0.1) is 35.3 Å². The molecule has 0 bridgehead atoms. The van der Waals surface area contributed by atoms with E-state index in [4.69, 9.17) is 16.3 Å². The van der Waals surface area contributed by atoms with Crippen molar-refractivity contribution in [2.45, 2.75) is 12.5 Å². The summed E-state index contributed by atoms with van der Waals surface area (Å²) in [5, 5.41) is 2.87. The number of hydrogen-bond acceptors (Lipinski definition) is 6. The maximum absolute atomic E-state index is 12.8. The van der Waals surface area contributed by atoms with Crippen LogP contribution in [0.15, 0.2) is 42.5 Å². The van der Waals surface area contributed by atoms with Gasteiger partial charge in [-0.1, -0.05) is 23.7 Å². The standard InChI is InChI=1S/C19H19ClN2O6S/c1-27-19(24)12-7-8-13(20)14(11-12)21-18(23)17-9-10-22(29(2,25)26)15-5-3-4-6-16(15)28-17/h3-8,11,17H,9-10H2,1-2H3,(H,21,23)/t17-/m1/s1. The quantitative estimate of drug-likeness (QED) is 0.736. The van der Waals surface area contributed by atoms with Gasteiger partial charge in [-0.25, -0.2) is 13.2 Å². The Kier molecular flexibility index (Phi) is 5.99. The van der Waals surface area contributed by atoms with E-state index < -0.39 is 28.0 Å². The molecule has 10 heteroatoms. The number of para-hydroxylation sites is 2.